The first kappa shape index (κ1) is 46.6. The number of rotatable bonds is 26. The first-order chi connectivity index (χ1) is 31.1. The second-order valence-corrected chi connectivity index (χ2v) is 18.2. The topological polar surface area (TPSA) is 127 Å². The van der Waals surface area contributed by atoms with Crippen LogP contribution in [0.15, 0.2) is 48.5 Å². The van der Waals surface area contributed by atoms with Gasteiger partial charge in [0, 0.05) is 33.0 Å². The van der Waals surface area contributed by atoms with Gasteiger partial charge in [-0.2, -0.15) is 0 Å². The highest BCUT2D eigenvalue weighted by molar-refractivity contribution is 6.41. The molecule has 0 fully saturated rings. The number of benzene rings is 5. The first-order valence-corrected chi connectivity index (χ1v) is 24.4. The normalized spacial score (nSPS) is 14.8. The van der Waals surface area contributed by atoms with Gasteiger partial charge in [-0.15, -0.1) is 0 Å². The molecule has 5 aromatic rings. The van der Waals surface area contributed by atoms with Crippen molar-refractivity contribution >= 4 is 78.7 Å². The van der Waals surface area contributed by atoms with Crippen molar-refractivity contribution in [1.82, 2.24) is 9.80 Å². The molecule has 0 radical (unpaired) electrons. The van der Waals surface area contributed by atoms with Crippen molar-refractivity contribution in [2.45, 2.75) is 168 Å². The summed E-state index contributed by atoms with van der Waals surface area (Å²) in [6.07, 6.45) is 23.1. The van der Waals surface area contributed by atoms with Crippen molar-refractivity contribution < 1.29 is 38.2 Å². The van der Waals surface area contributed by atoms with Gasteiger partial charge in [0.2, 0.25) is 0 Å². The number of imide groups is 2. The number of carbonyl (C=O) groups excluding carboxylic acids is 6. The third-order valence-corrected chi connectivity index (χ3v) is 13.6. The van der Waals surface area contributed by atoms with Gasteiger partial charge in [0.25, 0.3) is 23.6 Å². The average Bonchev–Trinajstić information content (AvgIpc) is 3.30. The van der Waals surface area contributed by atoms with Gasteiger partial charge in [-0.05, 0) is 83.3 Å². The molecule has 0 saturated carbocycles. The van der Waals surface area contributed by atoms with Crippen molar-refractivity contribution in [3.05, 3.63) is 70.8 Å². The van der Waals surface area contributed by atoms with Crippen LogP contribution in [0.3, 0.4) is 0 Å². The Labute approximate surface area is 377 Å². The Hall–Kier alpha value is -5.38. The molecule has 5 aromatic carbocycles. The minimum atomic E-state index is -1.11. The van der Waals surface area contributed by atoms with Gasteiger partial charge in [-0.25, -0.2) is 9.59 Å². The summed E-state index contributed by atoms with van der Waals surface area (Å²) in [5.41, 5.74) is 1.25. The summed E-state index contributed by atoms with van der Waals surface area (Å²) in [6.45, 7) is 7.99. The maximum atomic E-state index is 14.2. The summed E-state index contributed by atoms with van der Waals surface area (Å²) < 4.78 is 11.2. The lowest BCUT2D eigenvalue weighted by atomic mass is 9.82. The molecule has 2 aliphatic rings. The first-order valence-electron chi connectivity index (χ1n) is 24.4. The minimum Gasteiger partial charge on any atom is -0.464 e. The molecule has 340 valence electrons. The van der Waals surface area contributed by atoms with E-state index in [2.05, 4.69) is 13.8 Å². The predicted molar refractivity (Wildman–Crippen MR) is 253 cm³/mol. The Balaban J connectivity index is 1.03. The third-order valence-electron chi connectivity index (χ3n) is 13.6. The number of hydrogen-bond donors (Lipinski definition) is 0. The molecule has 0 aromatic heterocycles. The average molecular weight is 871 g/mol. The quantitative estimate of drug-likeness (QED) is 0.0177. The van der Waals surface area contributed by atoms with Crippen LogP contribution in [0.5, 0.6) is 0 Å². The van der Waals surface area contributed by atoms with E-state index < -0.39 is 47.7 Å². The van der Waals surface area contributed by atoms with E-state index in [4.69, 9.17) is 9.47 Å². The molecule has 0 spiro atoms. The lowest BCUT2D eigenvalue weighted by Crippen LogP contribution is -2.49. The van der Waals surface area contributed by atoms with Crippen molar-refractivity contribution in [3.63, 3.8) is 0 Å². The van der Waals surface area contributed by atoms with Crippen molar-refractivity contribution in [3.8, 4) is 0 Å². The van der Waals surface area contributed by atoms with Crippen LogP contribution in [0, 0.1) is 0 Å². The molecular weight excluding hydrogens is 805 g/mol. The van der Waals surface area contributed by atoms with Gasteiger partial charge in [0.15, 0.2) is 0 Å². The van der Waals surface area contributed by atoms with Gasteiger partial charge in [-0.3, -0.25) is 29.0 Å². The van der Waals surface area contributed by atoms with Crippen LogP contribution >= 0.6 is 0 Å². The van der Waals surface area contributed by atoms with E-state index in [0.717, 1.165) is 80.6 Å². The second-order valence-electron chi connectivity index (χ2n) is 18.2. The molecule has 10 heteroatoms. The second kappa shape index (κ2) is 21.5. The fourth-order valence-corrected chi connectivity index (χ4v) is 9.99. The zero-order valence-electron chi connectivity index (χ0n) is 38.5. The molecule has 7 rings (SSSR count). The standard InChI is InChI=1S/C54H66N2O8/c1-5-7-9-11-13-15-17-19-21-23-33-63-53(61)35(3)55-49(57)41-29-25-37-39-27-31-43-48-44(32-28-40(46(39)48)38-26-30-42(50(55)58)47(41)45(37)38)52(60)56(51(43)59)36(4)54(62)64-34-24-22-20-18-16-14-12-10-8-6-2/h25-32,35-36H,5-24,33-34H2,1-4H3. The summed E-state index contributed by atoms with van der Waals surface area (Å²) in [5, 5.41) is 5.50. The number of amides is 4. The summed E-state index contributed by atoms with van der Waals surface area (Å²) in [4.78, 5) is 85.2. The van der Waals surface area contributed by atoms with E-state index in [0.29, 0.717) is 33.0 Å². The fourth-order valence-electron chi connectivity index (χ4n) is 9.99. The van der Waals surface area contributed by atoms with Crippen LogP contribution < -0.4 is 0 Å². The molecule has 4 amide bonds. The van der Waals surface area contributed by atoms with Gasteiger partial charge in [0.05, 0.1) is 13.2 Å². The highest BCUT2D eigenvalue weighted by atomic mass is 16.5. The molecule has 10 nitrogen and oxygen atoms in total. The SMILES string of the molecule is CCCCCCCCCCCCOC(=O)C(C)N1C(=O)c2ccc3c4ccc5c6c(ccc(c7ccc(c2c37)C1=O)c64)C(=O)N(C(C)C(=O)OCCCCCCCCCCCC)C5=O. The Morgan fingerprint density at radius 2 is 0.641 bits per heavy atom. The fraction of sp³-hybridized carbons (Fsp3) is 0.519. The van der Waals surface area contributed by atoms with Crippen LogP contribution in [0.4, 0.5) is 0 Å². The van der Waals surface area contributed by atoms with Gasteiger partial charge >= 0.3 is 11.9 Å². The molecule has 0 bridgehead atoms. The summed E-state index contributed by atoms with van der Waals surface area (Å²) in [7, 11) is 0. The lowest BCUT2D eigenvalue weighted by molar-refractivity contribution is -0.148. The molecular formula is C54H66N2O8. The number of unbranched alkanes of at least 4 members (excludes halogenated alkanes) is 18. The molecule has 2 heterocycles. The number of ether oxygens (including phenoxy) is 2. The van der Waals surface area contributed by atoms with E-state index in [1.165, 1.54) is 104 Å². The molecule has 2 unspecified atom stereocenters. The maximum Gasteiger partial charge on any atom is 0.329 e. The number of hydrogen-bond acceptors (Lipinski definition) is 8. The smallest absolute Gasteiger partial charge is 0.329 e. The zero-order chi connectivity index (χ0) is 45.3. The molecule has 0 saturated heterocycles. The van der Waals surface area contributed by atoms with Crippen LogP contribution in [0.25, 0.3) is 43.1 Å². The minimum absolute atomic E-state index is 0.240. The van der Waals surface area contributed by atoms with Crippen LogP contribution in [-0.2, 0) is 19.1 Å². The van der Waals surface area contributed by atoms with Crippen molar-refractivity contribution in [1.29, 1.82) is 0 Å². The van der Waals surface area contributed by atoms with Crippen molar-refractivity contribution in [2.24, 2.45) is 0 Å². The highest BCUT2D eigenvalue weighted by Crippen LogP contribution is 2.46. The molecule has 2 atom stereocenters. The third kappa shape index (κ3) is 9.38. The van der Waals surface area contributed by atoms with Crippen LogP contribution in [0.2, 0.25) is 0 Å². The van der Waals surface area contributed by atoms with E-state index in [1.807, 2.05) is 24.3 Å². The van der Waals surface area contributed by atoms with Gasteiger partial charge < -0.3 is 9.47 Å². The number of fused-ring (bicyclic) bond motifs is 2. The van der Waals surface area contributed by atoms with Gasteiger partial charge in [-0.1, -0.05) is 154 Å². The number of nitrogens with zero attached hydrogens (tertiary/aromatic N) is 2. The molecule has 0 N–H and O–H groups in total. The molecule has 0 aliphatic carbocycles. The molecule has 2 aliphatic heterocycles. The monoisotopic (exact) mass is 870 g/mol. The lowest BCUT2D eigenvalue weighted by Gasteiger charge is -2.32. The van der Waals surface area contributed by atoms with E-state index in [-0.39, 0.29) is 13.2 Å². The van der Waals surface area contributed by atoms with E-state index >= 15 is 0 Å². The Bertz CT molecular complexity index is 2230. The van der Waals surface area contributed by atoms with Crippen LogP contribution in [0.1, 0.15) is 198 Å². The molecule has 64 heavy (non-hydrogen) atoms. The van der Waals surface area contributed by atoms with Crippen molar-refractivity contribution in [2.75, 3.05) is 13.2 Å². The van der Waals surface area contributed by atoms with E-state index in [9.17, 15) is 28.8 Å². The van der Waals surface area contributed by atoms with Crippen LogP contribution in [-0.4, -0.2) is 70.7 Å². The Morgan fingerprint density at radius 3 is 0.906 bits per heavy atom. The Kier molecular flexibility index (Phi) is 15.7. The van der Waals surface area contributed by atoms with E-state index in [1.54, 1.807) is 24.3 Å². The number of carbonyl (C=O) groups is 6. The Morgan fingerprint density at radius 1 is 0.391 bits per heavy atom. The maximum absolute atomic E-state index is 14.2. The summed E-state index contributed by atoms with van der Waals surface area (Å²) >= 11 is 0. The largest absolute Gasteiger partial charge is 0.464 e. The van der Waals surface area contributed by atoms with Gasteiger partial charge in [0.1, 0.15) is 12.1 Å². The number of esters is 2. The predicted octanol–water partition coefficient (Wildman–Crippen LogP) is 12.6. The summed E-state index contributed by atoms with van der Waals surface area (Å²) in [6, 6.07) is 11.9. The highest BCUT2D eigenvalue weighted by Gasteiger charge is 2.42. The summed E-state index contributed by atoms with van der Waals surface area (Å²) in [5.74, 6) is -3.47. The zero-order valence-corrected chi connectivity index (χ0v) is 38.5.